The Bertz CT molecular complexity index is 440. The van der Waals surface area contributed by atoms with E-state index in [0.717, 1.165) is 6.08 Å². The third-order valence-corrected chi connectivity index (χ3v) is 1.97. The van der Waals surface area contributed by atoms with Gasteiger partial charge in [0.2, 0.25) is 5.88 Å². The van der Waals surface area contributed by atoms with E-state index >= 15 is 0 Å². The first-order valence-electron chi connectivity index (χ1n) is 6.10. The largest absolute Gasteiger partial charge is 0.479 e. The van der Waals surface area contributed by atoms with Gasteiger partial charge in [0.1, 0.15) is 17.2 Å². The second-order valence-electron chi connectivity index (χ2n) is 3.32. The van der Waals surface area contributed by atoms with Gasteiger partial charge in [-0.15, -0.1) is 0 Å². The van der Waals surface area contributed by atoms with Crippen LogP contribution in [0.1, 0.15) is 20.8 Å². The average Bonchev–Trinajstić information content (AvgIpc) is 2.40. The van der Waals surface area contributed by atoms with Crippen LogP contribution in [-0.4, -0.2) is 31.8 Å². The van der Waals surface area contributed by atoms with Crippen molar-refractivity contribution in [1.29, 1.82) is 5.26 Å². The zero-order valence-corrected chi connectivity index (χ0v) is 11.8. The minimum Gasteiger partial charge on any atom is -0.479 e. The van der Waals surface area contributed by atoms with E-state index in [1.54, 1.807) is 26.8 Å². The maximum Gasteiger partial charge on any atom is 0.345 e. The van der Waals surface area contributed by atoms with Gasteiger partial charge in [0, 0.05) is 0 Å². The summed E-state index contributed by atoms with van der Waals surface area (Å²) in [7, 11) is 0. The average molecular weight is 282 g/mol. The first-order chi connectivity index (χ1) is 9.51. The number of nitriles is 1. The molecule has 20 heavy (non-hydrogen) atoms. The highest BCUT2D eigenvalue weighted by Crippen LogP contribution is 2.10. The zero-order chi connectivity index (χ0) is 15.5. The number of carbonyl (C=O) groups excluding carboxylic acids is 2. The van der Waals surface area contributed by atoms with E-state index in [1.165, 1.54) is 0 Å². The Kier molecular flexibility index (Phi) is 8.27. The molecule has 110 valence electrons. The van der Waals surface area contributed by atoms with E-state index in [-0.39, 0.29) is 31.3 Å². The molecule has 0 saturated heterocycles. The Labute approximate surface area is 117 Å². The van der Waals surface area contributed by atoms with Crippen molar-refractivity contribution in [1.82, 2.24) is 0 Å². The van der Waals surface area contributed by atoms with E-state index in [4.69, 9.17) is 25.2 Å². The molecule has 0 aliphatic heterocycles. The van der Waals surface area contributed by atoms with Gasteiger partial charge in [0.25, 0.3) is 0 Å². The van der Waals surface area contributed by atoms with Crippen LogP contribution in [0.3, 0.4) is 0 Å². The van der Waals surface area contributed by atoms with Crippen molar-refractivity contribution in [2.75, 3.05) is 19.8 Å². The quantitative estimate of drug-likeness (QED) is 0.139. The van der Waals surface area contributed by atoms with Crippen LogP contribution in [0.4, 0.5) is 0 Å². The summed E-state index contributed by atoms with van der Waals surface area (Å²) in [6.07, 6.45) is 1.00. The molecule has 7 nitrogen and oxygen atoms in total. The molecule has 0 unspecified atom stereocenters. The Morgan fingerprint density at radius 1 is 1.05 bits per heavy atom. The Morgan fingerprint density at radius 2 is 1.50 bits per heavy atom. The summed E-state index contributed by atoms with van der Waals surface area (Å²) in [4.78, 5) is 23.4. The van der Waals surface area contributed by atoms with Gasteiger partial charge in [-0.2, -0.15) is 5.26 Å². The lowest BCUT2D eigenvalue weighted by molar-refractivity contribution is -0.146. The summed E-state index contributed by atoms with van der Waals surface area (Å²) in [6, 6.07) is 1.75. The van der Waals surface area contributed by atoms with Gasteiger partial charge in [0.15, 0.2) is 0 Å². The van der Waals surface area contributed by atoms with E-state index in [0.29, 0.717) is 0 Å². The smallest absolute Gasteiger partial charge is 0.345 e. The van der Waals surface area contributed by atoms with Crippen LogP contribution in [0.15, 0.2) is 23.1 Å². The van der Waals surface area contributed by atoms with Crippen molar-refractivity contribution in [3.05, 3.63) is 23.1 Å². The number of ether oxygens (including phenoxy) is 3. The second kappa shape index (κ2) is 9.44. The molecular formula is C13H18N2O5. The highest BCUT2D eigenvalue weighted by atomic mass is 16.6. The van der Waals surface area contributed by atoms with Crippen LogP contribution in [-0.2, 0) is 23.8 Å². The molecular weight excluding hydrogens is 264 g/mol. The second-order valence-corrected chi connectivity index (χ2v) is 3.32. The first kappa shape index (κ1) is 17.5. The van der Waals surface area contributed by atoms with E-state index in [9.17, 15) is 9.59 Å². The van der Waals surface area contributed by atoms with Crippen LogP contribution < -0.4 is 5.73 Å². The number of allylic oxidation sites excluding steroid dienone is 2. The Balaban J connectivity index is 5.55. The summed E-state index contributed by atoms with van der Waals surface area (Å²) in [5, 5.41) is 8.98. The molecule has 0 saturated carbocycles. The third kappa shape index (κ3) is 5.44. The van der Waals surface area contributed by atoms with Crippen LogP contribution >= 0.6 is 0 Å². The zero-order valence-electron chi connectivity index (χ0n) is 11.8. The molecule has 0 fully saturated rings. The molecule has 0 aliphatic rings. The summed E-state index contributed by atoms with van der Waals surface area (Å²) >= 11 is 0. The number of nitrogens with two attached hydrogens (primary N) is 1. The summed E-state index contributed by atoms with van der Waals surface area (Å²) in [5.74, 6) is -1.95. The third-order valence-electron chi connectivity index (χ3n) is 1.97. The fourth-order valence-electron chi connectivity index (χ4n) is 1.15. The fourth-order valence-corrected chi connectivity index (χ4v) is 1.15. The Morgan fingerprint density at radius 3 is 1.85 bits per heavy atom. The minimum absolute atomic E-state index is 0.0854. The molecule has 0 aromatic rings. The lowest BCUT2D eigenvalue weighted by atomic mass is 10.1. The van der Waals surface area contributed by atoms with Crippen LogP contribution in [0.2, 0.25) is 0 Å². The SMILES string of the molecule is CCOC(=O)C(=C/C(C#N)=C(/N)OCC)C(=O)OCC. The molecule has 0 rings (SSSR count). The number of rotatable bonds is 7. The standard InChI is InChI=1S/C13H18N2O5/c1-4-18-11(15)9(8-14)7-10(12(16)19-5-2)13(17)20-6-3/h7H,4-6,15H2,1-3H3/b11-9+. The van der Waals surface area contributed by atoms with Crippen LogP contribution in [0.5, 0.6) is 0 Å². The molecule has 7 heteroatoms. The van der Waals surface area contributed by atoms with E-state index in [2.05, 4.69) is 0 Å². The van der Waals surface area contributed by atoms with Gasteiger partial charge >= 0.3 is 11.9 Å². The van der Waals surface area contributed by atoms with Gasteiger partial charge < -0.3 is 19.9 Å². The van der Waals surface area contributed by atoms with Crippen molar-refractivity contribution in [3.8, 4) is 6.07 Å². The van der Waals surface area contributed by atoms with E-state index < -0.39 is 17.5 Å². The summed E-state index contributed by atoms with van der Waals surface area (Å²) < 4.78 is 14.4. The molecule has 0 spiro atoms. The highest BCUT2D eigenvalue weighted by Gasteiger charge is 2.22. The summed E-state index contributed by atoms with van der Waals surface area (Å²) in [6.45, 7) is 5.29. The molecule has 0 bridgehead atoms. The normalized spacial score (nSPS) is 10.7. The number of nitrogens with zero attached hydrogens (tertiary/aromatic N) is 1. The van der Waals surface area contributed by atoms with E-state index in [1.807, 2.05) is 0 Å². The van der Waals surface area contributed by atoms with Crippen LogP contribution in [0, 0.1) is 11.3 Å². The molecule has 0 amide bonds. The molecule has 0 aromatic carbocycles. The molecule has 2 N–H and O–H groups in total. The maximum absolute atomic E-state index is 11.7. The Hall–Kier alpha value is -2.49. The number of hydrogen-bond donors (Lipinski definition) is 1. The van der Waals surface area contributed by atoms with Crippen molar-refractivity contribution >= 4 is 11.9 Å². The predicted octanol–water partition coefficient (Wildman–Crippen LogP) is 0.769. The molecule has 0 atom stereocenters. The summed E-state index contributed by atoms with van der Waals surface area (Å²) in [5.41, 5.74) is 4.96. The van der Waals surface area contributed by atoms with Crippen molar-refractivity contribution in [2.45, 2.75) is 20.8 Å². The minimum atomic E-state index is -0.886. The lowest BCUT2D eigenvalue weighted by Crippen LogP contribution is -2.19. The van der Waals surface area contributed by atoms with Crippen molar-refractivity contribution in [3.63, 3.8) is 0 Å². The number of carbonyl (C=O) groups is 2. The van der Waals surface area contributed by atoms with Gasteiger partial charge in [0.05, 0.1) is 19.8 Å². The maximum atomic E-state index is 11.7. The van der Waals surface area contributed by atoms with Gasteiger partial charge in [-0.3, -0.25) is 0 Å². The molecule has 0 aliphatic carbocycles. The van der Waals surface area contributed by atoms with Gasteiger partial charge in [-0.05, 0) is 26.8 Å². The fraction of sp³-hybridized carbons (Fsp3) is 0.462. The predicted molar refractivity (Wildman–Crippen MR) is 69.8 cm³/mol. The topological polar surface area (TPSA) is 112 Å². The monoisotopic (exact) mass is 282 g/mol. The lowest BCUT2D eigenvalue weighted by Gasteiger charge is -2.07. The first-order valence-corrected chi connectivity index (χ1v) is 6.10. The highest BCUT2D eigenvalue weighted by molar-refractivity contribution is 6.14. The molecule has 0 heterocycles. The molecule has 0 aromatic heterocycles. The number of hydrogen-bond acceptors (Lipinski definition) is 7. The molecule has 0 radical (unpaired) electrons. The van der Waals surface area contributed by atoms with Crippen molar-refractivity contribution < 1.29 is 23.8 Å². The number of esters is 2. The van der Waals surface area contributed by atoms with Gasteiger partial charge in [-0.1, -0.05) is 0 Å². The van der Waals surface area contributed by atoms with Gasteiger partial charge in [-0.25, -0.2) is 9.59 Å². The van der Waals surface area contributed by atoms with Crippen molar-refractivity contribution in [2.24, 2.45) is 5.73 Å². The van der Waals surface area contributed by atoms with Crippen LogP contribution in [0.25, 0.3) is 0 Å².